The number of aromatic nitrogens is 1. The Morgan fingerprint density at radius 1 is 1.26 bits per heavy atom. The Morgan fingerprint density at radius 2 is 2.11 bits per heavy atom. The van der Waals surface area contributed by atoms with Crippen LogP contribution in [0.2, 0.25) is 0 Å². The Morgan fingerprint density at radius 3 is 2.89 bits per heavy atom. The zero-order valence-electron chi connectivity index (χ0n) is 10.5. The zero-order chi connectivity index (χ0) is 13.3. The van der Waals surface area contributed by atoms with E-state index in [0.29, 0.717) is 18.1 Å². The van der Waals surface area contributed by atoms with Crippen LogP contribution in [0.4, 0.5) is 5.69 Å². The van der Waals surface area contributed by atoms with Gasteiger partial charge in [-0.1, -0.05) is 18.2 Å². The molecule has 2 heterocycles. The molecule has 2 aromatic rings. The first-order valence-electron chi connectivity index (χ1n) is 6.42. The number of para-hydroxylation sites is 1. The molecule has 1 unspecified atom stereocenters. The molecule has 1 atom stereocenters. The topological polar surface area (TPSA) is 59.1 Å². The molecule has 0 spiro atoms. The number of nitrogens with one attached hydrogen (secondary N) is 1. The first-order valence-corrected chi connectivity index (χ1v) is 8.24. The van der Waals surface area contributed by atoms with Gasteiger partial charge in [0.05, 0.1) is 17.0 Å². The van der Waals surface area contributed by atoms with E-state index in [1.807, 2.05) is 30.3 Å². The molecule has 1 aromatic carbocycles. The number of anilines is 1. The Labute approximate surface area is 112 Å². The Hall–Kier alpha value is -1.62. The first kappa shape index (κ1) is 12.4. The van der Waals surface area contributed by atoms with Crippen molar-refractivity contribution in [1.82, 2.24) is 4.98 Å². The Balaban J connectivity index is 1.76. The SMILES string of the molecule is O=S1(=O)CCC(CNc2ccnc3ccccc23)C1. The number of rotatable bonds is 3. The van der Waals surface area contributed by atoms with Gasteiger partial charge in [0.15, 0.2) is 9.84 Å². The summed E-state index contributed by atoms with van der Waals surface area (Å²) >= 11 is 0. The molecular formula is C14H16N2O2S. The third kappa shape index (κ3) is 2.71. The van der Waals surface area contributed by atoms with Gasteiger partial charge in [0.1, 0.15) is 0 Å². The van der Waals surface area contributed by atoms with Crippen LogP contribution in [0.25, 0.3) is 10.9 Å². The molecule has 0 bridgehead atoms. The average molecular weight is 276 g/mol. The van der Waals surface area contributed by atoms with Gasteiger partial charge in [0.2, 0.25) is 0 Å². The van der Waals surface area contributed by atoms with Crippen LogP contribution in [0.5, 0.6) is 0 Å². The van der Waals surface area contributed by atoms with Crippen LogP contribution in [0.15, 0.2) is 36.5 Å². The molecule has 1 fully saturated rings. The molecule has 0 amide bonds. The van der Waals surface area contributed by atoms with Crippen molar-refractivity contribution >= 4 is 26.4 Å². The number of benzene rings is 1. The fraction of sp³-hybridized carbons (Fsp3) is 0.357. The van der Waals surface area contributed by atoms with E-state index in [2.05, 4.69) is 10.3 Å². The van der Waals surface area contributed by atoms with Crippen molar-refractivity contribution in [3.8, 4) is 0 Å². The highest BCUT2D eigenvalue weighted by molar-refractivity contribution is 7.91. The number of fused-ring (bicyclic) bond motifs is 1. The molecule has 1 N–H and O–H groups in total. The minimum absolute atomic E-state index is 0.219. The fourth-order valence-electron chi connectivity index (χ4n) is 2.54. The van der Waals surface area contributed by atoms with Gasteiger partial charge < -0.3 is 5.32 Å². The number of pyridine rings is 1. The quantitative estimate of drug-likeness (QED) is 0.932. The standard InChI is InChI=1S/C14H16N2O2S/c17-19(18)8-6-11(10-19)9-16-14-5-7-15-13-4-2-1-3-12(13)14/h1-5,7,11H,6,8-10H2,(H,15,16). The largest absolute Gasteiger partial charge is 0.384 e. The van der Waals surface area contributed by atoms with Gasteiger partial charge in [-0.05, 0) is 24.5 Å². The molecule has 1 saturated heterocycles. The van der Waals surface area contributed by atoms with E-state index in [-0.39, 0.29) is 5.92 Å². The maximum atomic E-state index is 11.4. The second-order valence-electron chi connectivity index (χ2n) is 5.03. The van der Waals surface area contributed by atoms with E-state index in [0.717, 1.165) is 23.0 Å². The monoisotopic (exact) mass is 276 g/mol. The normalized spacial score (nSPS) is 21.6. The van der Waals surface area contributed by atoms with Crippen molar-refractivity contribution in [2.24, 2.45) is 5.92 Å². The molecule has 1 aromatic heterocycles. The summed E-state index contributed by atoms with van der Waals surface area (Å²) in [7, 11) is -2.79. The maximum absolute atomic E-state index is 11.4. The summed E-state index contributed by atoms with van der Waals surface area (Å²) in [5.41, 5.74) is 1.97. The van der Waals surface area contributed by atoms with Gasteiger partial charge in [-0.15, -0.1) is 0 Å². The van der Waals surface area contributed by atoms with Crippen molar-refractivity contribution in [3.63, 3.8) is 0 Å². The molecule has 0 saturated carbocycles. The van der Waals surface area contributed by atoms with E-state index in [9.17, 15) is 8.42 Å². The summed E-state index contributed by atoms with van der Waals surface area (Å²) in [5.74, 6) is 0.858. The number of sulfone groups is 1. The van der Waals surface area contributed by atoms with Gasteiger partial charge in [-0.3, -0.25) is 4.98 Å². The van der Waals surface area contributed by atoms with Crippen molar-refractivity contribution < 1.29 is 8.42 Å². The molecule has 4 nitrogen and oxygen atoms in total. The van der Waals surface area contributed by atoms with Gasteiger partial charge >= 0.3 is 0 Å². The summed E-state index contributed by atoms with van der Waals surface area (Å²) in [6.07, 6.45) is 2.54. The first-order chi connectivity index (χ1) is 9.14. The fourth-order valence-corrected chi connectivity index (χ4v) is 4.40. The molecule has 100 valence electrons. The lowest BCUT2D eigenvalue weighted by molar-refractivity contribution is 0.596. The van der Waals surface area contributed by atoms with Gasteiger partial charge in [-0.25, -0.2) is 8.42 Å². The van der Waals surface area contributed by atoms with Gasteiger partial charge in [0, 0.05) is 23.8 Å². The molecule has 1 aliphatic rings. The highest BCUT2D eigenvalue weighted by Crippen LogP contribution is 2.23. The summed E-state index contributed by atoms with van der Waals surface area (Å²) in [4.78, 5) is 4.31. The summed E-state index contributed by atoms with van der Waals surface area (Å²) in [5, 5.41) is 4.44. The lowest BCUT2D eigenvalue weighted by Gasteiger charge is -2.12. The van der Waals surface area contributed by atoms with Crippen molar-refractivity contribution in [2.75, 3.05) is 23.4 Å². The Bertz CT molecular complexity index is 692. The molecule has 0 radical (unpaired) electrons. The summed E-state index contributed by atoms with van der Waals surface area (Å²) in [6.45, 7) is 0.702. The third-order valence-electron chi connectivity index (χ3n) is 3.56. The van der Waals surface area contributed by atoms with Crippen LogP contribution in [-0.4, -0.2) is 31.5 Å². The van der Waals surface area contributed by atoms with E-state index in [1.54, 1.807) is 6.20 Å². The highest BCUT2D eigenvalue weighted by Gasteiger charge is 2.27. The van der Waals surface area contributed by atoms with E-state index in [1.165, 1.54) is 0 Å². The Kier molecular flexibility index (Phi) is 3.14. The zero-order valence-corrected chi connectivity index (χ0v) is 11.4. The van der Waals surface area contributed by atoms with Crippen molar-refractivity contribution in [3.05, 3.63) is 36.5 Å². The van der Waals surface area contributed by atoms with Gasteiger partial charge in [0.25, 0.3) is 0 Å². The summed E-state index contributed by atoms with van der Waals surface area (Å²) in [6, 6.07) is 9.88. The van der Waals surface area contributed by atoms with Crippen LogP contribution in [-0.2, 0) is 9.84 Å². The number of hydrogen-bond donors (Lipinski definition) is 1. The lowest BCUT2D eigenvalue weighted by atomic mass is 10.1. The number of nitrogens with zero attached hydrogens (tertiary/aromatic N) is 1. The molecule has 1 aliphatic heterocycles. The molecule has 3 rings (SSSR count). The maximum Gasteiger partial charge on any atom is 0.150 e. The van der Waals surface area contributed by atoms with Crippen molar-refractivity contribution in [2.45, 2.75) is 6.42 Å². The second-order valence-corrected chi connectivity index (χ2v) is 7.25. The van der Waals surface area contributed by atoms with Crippen LogP contribution in [0.1, 0.15) is 6.42 Å². The smallest absolute Gasteiger partial charge is 0.150 e. The average Bonchev–Trinajstić information content (AvgIpc) is 2.76. The van der Waals surface area contributed by atoms with Crippen molar-refractivity contribution in [1.29, 1.82) is 0 Å². The molecule has 5 heteroatoms. The second kappa shape index (κ2) is 4.81. The van der Waals surface area contributed by atoms with Crippen LogP contribution in [0, 0.1) is 5.92 Å². The summed E-state index contributed by atoms with van der Waals surface area (Å²) < 4.78 is 22.9. The van der Waals surface area contributed by atoms with E-state index < -0.39 is 9.84 Å². The molecule has 0 aliphatic carbocycles. The minimum atomic E-state index is -2.79. The number of hydrogen-bond acceptors (Lipinski definition) is 4. The van der Waals surface area contributed by atoms with E-state index >= 15 is 0 Å². The predicted octanol–water partition coefficient (Wildman–Crippen LogP) is 2.08. The van der Waals surface area contributed by atoms with Crippen LogP contribution < -0.4 is 5.32 Å². The third-order valence-corrected chi connectivity index (χ3v) is 5.39. The minimum Gasteiger partial charge on any atom is -0.384 e. The van der Waals surface area contributed by atoms with Crippen LogP contribution >= 0.6 is 0 Å². The van der Waals surface area contributed by atoms with Crippen LogP contribution in [0.3, 0.4) is 0 Å². The predicted molar refractivity (Wildman–Crippen MR) is 77.0 cm³/mol. The van der Waals surface area contributed by atoms with Gasteiger partial charge in [-0.2, -0.15) is 0 Å². The van der Waals surface area contributed by atoms with E-state index in [4.69, 9.17) is 0 Å². The highest BCUT2D eigenvalue weighted by atomic mass is 32.2. The molecule has 19 heavy (non-hydrogen) atoms. The molecular weight excluding hydrogens is 260 g/mol. The lowest BCUT2D eigenvalue weighted by Crippen LogP contribution is -2.15.